The summed E-state index contributed by atoms with van der Waals surface area (Å²) in [5, 5.41) is 10.1. The van der Waals surface area contributed by atoms with Crippen LogP contribution in [0.2, 0.25) is 10.0 Å². The Hall–Kier alpha value is -0.240. The predicted molar refractivity (Wildman–Crippen MR) is 61.0 cm³/mol. The second-order valence-corrected chi connectivity index (χ2v) is 4.40. The maximum atomic E-state index is 8.77. The molecular formula is C11H14Cl2O. The van der Waals surface area contributed by atoms with E-state index in [0.717, 1.165) is 18.4 Å². The van der Waals surface area contributed by atoms with Crippen LogP contribution in [0.25, 0.3) is 0 Å². The van der Waals surface area contributed by atoms with Crippen LogP contribution in [0.4, 0.5) is 0 Å². The molecule has 1 aromatic rings. The van der Waals surface area contributed by atoms with Gasteiger partial charge in [-0.3, -0.25) is 0 Å². The monoisotopic (exact) mass is 232 g/mol. The van der Waals surface area contributed by atoms with Gasteiger partial charge in [0, 0.05) is 16.7 Å². The van der Waals surface area contributed by atoms with Crippen LogP contribution in [0.5, 0.6) is 0 Å². The molecule has 1 atom stereocenters. The van der Waals surface area contributed by atoms with Crippen LogP contribution < -0.4 is 0 Å². The van der Waals surface area contributed by atoms with Gasteiger partial charge in [-0.2, -0.15) is 0 Å². The van der Waals surface area contributed by atoms with Gasteiger partial charge in [0.1, 0.15) is 0 Å². The molecular weight excluding hydrogens is 219 g/mol. The van der Waals surface area contributed by atoms with Gasteiger partial charge in [-0.15, -0.1) is 0 Å². The average Bonchev–Trinajstić information content (AvgIpc) is 2.10. The molecule has 0 aromatic heterocycles. The van der Waals surface area contributed by atoms with Crippen LogP contribution in [-0.4, -0.2) is 11.7 Å². The Labute approximate surface area is 94.7 Å². The van der Waals surface area contributed by atoms with E-state index in [1.807, 2.05) is 12.1 Å². The first kappa shape index (κ1) is 11.8. The van der Waals surface area contributed by atoms with E-state index >= 15 is 0 Å². The van der Waals surface area contributed by atoms with Crippen molar-refractivity contribution in [1.29, 1.82) is 0 Å². The molecule has 1 aromatic carbocycles. The first-order valence-electron chi connectivity index (χ1n) is 4.68. The fourth-order valence-corrected chi connectivity index (χ4v) is 1.87. The molecule has 0 aliphatic heterocycles. The fourth-order valence-electron chi connectivity index (χ4n) is 1.39. The Morgan fingerprint density at radius 2 is 2.07 bits per heavy atom. The lowest BCUT2D eigenvalue weighted by Gasteiger charge is -2.10. The molecule has 1 rings (SSSR count). The summed E-state index contributed by atoms with van der Waals surface area (Å²) in [4.78, 5) is 0. The van der Waals surface area contributed by atoms with Crippen molar-refractivity contribution in [2.24, 2.45) is 5.92 Å². The van der Waals surface area contributed by atoms with E-state index in [1.165, 1.54) is 0 Å². The quantitative estimate of drug-likeness (QED) is 0.843. The molecule has 1 N–H and O–H groups in total. The number of halogens is 2. The molecule has 14 heavy (non-hydrogen) atoms. The first-order valence-corrected chi connectivity index (χ1v) is 5.44. The molecule has 0 radical (unpaired) electrons. The molecule has 1 nitrogen and oxygen atoms in total. The van der Waals surface area contributed by atoms with Crippen molar-refractivity contribution in [2.45, 2.75) is 19.8 Å². The molecule has 0 saturated heterocycles. The highest BCUT2D eigenvalue weighted by molar-refractivity contribution is 6.35. The molecule has 3 heteroatoms. The van der Waals surface area contributed by atoms with Gasteiger partial charge in [0.25, 0.3) is 0 Å². The molecule has 0 amide bonds. The van der Waals surface area contributed by atoms with Crippen LogP contribution in [0.1, 0.15) is 18.9 Å². The fraction of sp³-hybridized carbons (Fsp3) is 0.455. The van der Waals surface area contributed by atoms with Crippen LogP contribution in [0.15, 0.2) is 18.2 Å². The van der Waals surface area contributed by atoms with Gasteiger partial charge in [0.2, 0.25) is 0 Å². The van der Waals surface area contributed by atoms with E-state index in [0.29, 0.717) is 16.0 Å². The molecule has 0 aliphatic rings. The highest BCUT2D eigenvalue weighted by Gasteiger charge is 2.06. The second-order valence-electron chi connectivity index (χ2n) is 3.56. The van der Waals surface area contributed by atoms with Crippen molar-refractivity contribution in [3.8, 4) is 0 Å². The first-order chi connectivity index (χ1) is 6.63. The molecule has 0 bridgehead atoms. The maximum Gasteiger partial charge on any atom is 0.0452 e. The van der Waals surface area contributed by atoms with Crippen molar-refractivity contribution in [2.75, 3.05) is 6.61 Å². The molecule has 78 valence electrons. The molecule has 0 aliphatic carbocycles. The predicted octanol–water partition coefficient (Wildman–Crippen LogP) is 3.55. The minimum Gasteiger partial charge on any atom is -0.396 e. The minimum atomic E-state index is 0.229. The lowest BCUT2D eigenvalue weighted by atomic mass is 9.98. The van der Waals surface area contributed by atoms with Crippen molar-refractivity contribution in [1.82, 2.24) is 0 Å². The summed E-state index contributed by atoms with van der Waals surface area (Å²) < 4.78 is 0. The van der Waals surface area contributed by atoms with Gasteiger partial charge < -0.3 is 5.11 Å². The van der Waals surface area contributed by atoms with Gasteiger partial charge in [0.05, 0.1) is 0 Å². The summed E-state index contributed by atoms with van der Waals surface area (Å²) in [6.07, 6.45) is 1.69. The zero-order valence-corrected chi connectivity index (χ0v) is 9.65. The second kappa shape index (κ2) is 5.59. The van der Waals surface area contributed by atoms with Gasteiger partial charge in [-0.25, -0.2) is 0 Å². The third-order valence-corrected chi connectivity index (χ3v) is 2.79. The Morgan fingerprint density at radius 3 is 2.64 bits per heavy atom. The van der Waals surface area contributed by atoms with Gasteiger partial charge >= 0.3 is 0 Å². The molecule has 0 saturated carbocycles. The third-order valence-electron chi connectivity index (χ3n) is 2.21. The van der Waals surface area contributed by atoms with E-state index in [1.54, 1.807) is 6.07 Å². The van der Waals surface area contributed by atoms with Crippen molar-refractivity contribution in [3.63, 3.8) is 0 Å². The molecule has 0 heterocycles. The largest absolute Gasteiger partial charge is 0.396 e. The summed E-state index contributed by atoms with van der Waals surface area (Å²) in [5.74, 6) is 0.443. The van der Waals surface area contributed by atoms with Crippen LogP contribution in [0, 0.1) is 5.92 Å². The number of benzene rings is 1. The van der Waals surface area contributed by atoms with E-state index in [4.69, 9.17) is 28.3 Å². The van der Waals surface area contributed by atoms with E-state index < -0.39 is 0 Å². The van der Waals surface area contributed by atoms with Gasteiger partial charge in [0.15, 0.2) is 0 Å². The van der Waals surface area contributed by atoms with E-state index in [-0.39, 0.29) is 6.61 Å². The highest BCUT2D eigenvalue weighted by atomic mass is 35.5. The molecule has 0 spiro atoms. The lowest BCUT2D eigenvalue weighted by Crippen LogP contribution is -2.02. The highest BCUT2D eigenvalue weighted by Crippen LogP contribution is 2.23. The number of hydrogen-bond acceptors (Lipinski definition) is 1. The Bertz CT molecular complexity index is 299. The van der Waals surface area contributed by atoms with Gasteiger partial charge in [-0.1, -0.05) is 36.2 Å². The standard InChI is InChI=1S/C11H14Cl2O/c1-8(4-5-14)6-9-2-3-10(12)7-11(9)13/h2-3,7-8,14H,4-6H2,1H3. The van der Waals surface area contributed by atoms with E-state index in [2.05, 4.69) is 6.92 Å². The van der Waals surface area contributed by atoms with Crippen LogP contribution in [0.3, 0.4) is 0 Å². The van der Waals surface area contributed by atoms with Crippen LogP contribution in [-0.2, 0) is 6.42 Å². The van der Waals surface area contributed by atoms with Crippen molar-refractivity contribution < 1.29 is 5.11 Å². The normalized spacial score (nSPS) is 12.9. The summed E-state index contributed by atoms with van der Waals surface area (Å²) in [5.41, 5.74) is 1.09. The SMILES string of the molecule is CC(CCO)Cc1ccc(Cl)cc1Cl. The summed E-state index contributed by atoms with van der Waals surface area (Å²) >= 11 is 11.8. The third kappa shape index (κ3) is 3.49. The number of aliphatic hydroxyl groups excluding tert-OH is 1. The lowest BCUT2D eigenvalue weighted by molar-refractivity contribution is 0.262. The van der Waals surface area contributed by atoms with Crippen molar-refractivity contribution >= 4 is 23.2 Å². The summed E-state index contributed by atoms with van der Waals surface area (Å²) in [7, 11) is 0. The summed E-state index contributed by atoms with van der Waals surface area (Å²) in [6, 6.07) is 5.54. The Balaban J connectivity index is 2.67. The zero-order valence-electron chi connectivity index (χ0n) is 8.13. The smallest absolute Gasteiger partial charge is 0.0452 e. The van der Waals surface area contributed by atoms with Crippen LogP contribution >= 0.6 is 23.2 Å². The summed E-state index contributed by atoms with van der Waals surface area (Å²) in [6.45, 7) is 2.33. The topological polar surface area (TPSA) is 20.2 Å². The van der Waals surface area contributed by atoms with Crippen molar-refractivity contribution in [3.05, 3.63) is 33.8 Å². The molecule has 0 fully saturated rings. The molecule has 1 unspecified atom stereocenters. The number of hydrogen-bond donors (Lipinski definition) is 1. The maximum absolute atomic E-state index is 8.77. The minimum absolute atomic E-state index is 0.229. The Morgan fingerprint density at radius 1 is 1.36 bits per heavy atom. The Kier molecular flexibility index (Phi) is 4.73. The van der Waals surface area contributed by atoms with Gasteiger partial charge in [-0.05, 0) is 36.5 Å². The number of rotatable bonds is 4. The number of aliphatic hydroxyl groups is 1. The average molecular weight is 233 g/mol. The zero-order chi connectivity index (χ0) is 10.6. The van der Waals surface area contributed by atoms with E-state index in [9.17, 15) is 0 Å².